The minimum atomic E-state index is -3.64. The molecule has 0 saturated carbocycles. The van der Waals surface area contributed by atoms with Crippen LogP contribution in [-0.2, 0) is 19.4 Å². The number of nitrogens with zero attached hydrogens (tertiary/aromatic N) is 1. The first kappa shape index (κ1) is 23.8. The summed E-state index contributed by atoms with van der Waals surface area (Å²) in [6, 6.07) is 4.67. The number of benzene rings is 1. The zero-order chi connectivity index (χ0) is 19.2. The molecular weight excluding hydrogens is 395 g/mol. The number of carbonyl (C=O) groups is 1. The van der Waals surface area contributed by atoms with Gasteiger partial charge in [0, 0.05) is 25.6 Å². The maximum atomic E-state index is 13.0. The number of halogens is 2. The van der Waals surface area contributed by atoms with Crippen LogP contribution in [0.3, 0.4) is 0 Å². The lowest BCUT2D eigenvalue weighted by atomic mass is 10.1. The van der Waals surface area contributed by atoms with E-state index >= 15 is 0 Å². The van der Waals surface area contributed by atoms with Crippen molar-refractivity contribution in [1.82, 2.24) is 4.90 Å². The number of hydrogen-bond acceptors (Lipinski definition) is 5. The first-order chi connectivity index (χ1) is 12.3. The third-order valence-corrected chi connectivity index (χ3v) is 6.45. The van der Waals surface area contributed by atoms with E-state index in [1.54, 1.807) is 11.8 Å². The molecular formula is C18H28ClFN2O4S. The van der Waals surface area contributed by atoms with Crippen LogP contribution in [0.1, 0.15) is 26.2 Å². The molecule has 1 fully saturated rings. The molecule has 6 nitrogen and oxygen atoms in total. The summed E-state index contributed by atoms with van der Waals surface area (Å²) in [5.41, 5.74) is 5.44. The Morgan fingerprint density at radius 1 is 1.30 bits per heavy atom. The first-order valence-electron chi connectivity index (χ1n) is 8.92. The van der Waals surface area contributed by atoms with E-state index in [2.05, 4.69) is 0 Å². The summed E-state index contributed by atoms with van der Waals surface area (Å²) in [7, 11) is -3.64. The van der Waals surface area contributed by atoms with Crippen LogP contribution in [0, 0.1) is 11.7 Å². The highest BCUT2D eigenvalue weighted by atomic mass is 35.5. The van der Waals surface area contributed by atoms with Gasteiger partial charge in [-0.25, -0.2) is 12.8 Å². The third kappa shape index (κ3) is 7.03. The number of ether oxygens (including phenoxy) is 1. The fourth-order valence-electron chi connectivity index (χ4n) is 3.03. The monoisotopic (exact) mass is 422 g/mol. The van der Waals surface area contributed by atoms with Gasteiger partial charge in [-0.3, -0.25) is 4.79 Å². The van der Waals surface area contributed by atoms with Crippen molar-refractivity contribution in [2.24, 2.45) is 11.7 Å². The predicted molar refractivity (Wildman–Crippen MR) is 104 cm³/mol. The minimum Gasteiger partial charge on any atom is -0.378 e. The van der Waals surface area contributed by atoms with Gasteiger partial charge in [-0.15, -0.1) is 12.4 Å². The Bertz CT molecular complexity index is 692. The third-order valence-electron chi connectivity index (χ3n) is 4.52. The molecule has 1 aromatic rings. The maximum Gasteiger partial charge on any atom is 0.226 e. The van der Waals surface area contributed by atoms with Gasteiger partial charge < -0.3 is 15.4 Å². The zero-order valence-electron chi connectivity index (χ0n) is 15.5. The predicted octanol–water partition coefficient (Wildman–Crippen LogP) is 2.01. The summed E-state index contributed by atoms with van der Waals surface area (Å²) in [5, 5.41) is 0. The van der Waals surface area contributed by atoms with E-state index in [0.717, 1.165) is 31.4 Å². The maximum absolute atomic E-state index is 13.0. The van der Waals surface area contributed by atoms with Crippen LogP contribution in [0.2, 0.25) is 0 Å². The Balaban J connectivity index is 0.00000364. The summed E-state index contributed by atoms with van der Waals surface area (Å²) < 4.78 is 43.5. The number of carbonyl (C=O) groups excluding carboxylic acids is 1. The Hall–Kier alpha value is -1.22. The Morgan fingerprint density at radius 3 is 2.44 bits per heavy atom. The fraction of sp³-hybridized carbons (Fsp3) is 0.611. The van der Waals surface area contributed by atoms with Crippen molar-refractivity contribution >= 4 is 28.2 Å². The van der Waals surface area contributed by atoms with Crippen LogP contribution >= 0.6 is 12.4 Å². The van der Waals surface area contributed by atoms with Gasteiger partial charge in [-0.05, 0) is 50.1 Å². The molecule has 1 aliphatic heterocycles. The van der Waals surface area contributed by atoms with Crippen molar-refractivity contribution in [2.45, 2.75) is 37.2 Å². The average molecular weight is 423 g/mol. The van der Waals surface area contributed by atoms with Gasteiger partial charge >= 0.3 is 0 Å². The number of nitrogens with two attached hydrogens (primary N) is 1. The van der Waals surface area contributed by atoms with Gasteiger partial charge in [0.2, 0.25) is 5.91 Å². The van der Waals surface area contributed by atoms with Crippen molar-refractivity contribution in [1.29, 1.82) is 0 Å². The number of rotatable bonds is 8. The number of piperidine rings is 1. The molecule has 0 aromatic heterocycles. The van der Waals surface area contributed by atoms with Gasteiger partial charge in [0.1, 0.15) is 5.82 Å². The van der Waals surface area contributed by atoms with Gasteiger partial charge in [-0.2, -0.15) is 0 Å². The molecule has 1 unspecified atom stereocenters. The van der Waals surface area contributed by atoms with Gasteiger partial charge in [0.15, 0.2) is 9.84 Å². The Morgan fingerprint density at radius 2 is 1.89 bits per heavy atom. The highest BCUT2D eigenvalue weighted by molar-refractivity contribution is 7.91. The second kappa shape index (κ2) is 10.9. The highest BCUT2D eigenvalue weighted by Gasteiger charge is 2.29. The van der Waals surface area contributed by atoms with Gasteiger partial charge in [0.05, 0.1) is 16.8 Å². The van der Waals surface area contributed by atoms with Crippen molar-refractivity contribution in [3.63, 3.8) is 0 Å². The van der Waals surface area contributed by atoms with E-state index in [4.69, 9.17) is 10.5 Å². The lowest BCUT2D eigenvalue weighted by molar-refractivity contribution is -0.137. The van der Waals surface area contributed by atoms with Crippen LogP contribution in [0.5, 0.6) is 0 Å². The number of sulfone groups is 1. The molecule has 1 atom stereocenters. The lowest BCUT2D eigenvalue weighted by Crippen LogP contribution is -2.44. The highest BCUT2D eigenvalue weighted by Crippen LogP contribution is 2.19. The Labute approximate surface area is 166 Å². The minimum absolute atomic E-state index is 0. The smallest absolute Gasteiger partial charge is 0.226 e. The van der Waals surface area contributed by atoms with E-state index in [1.165, 1.54) is 12.1 Å². The molecule has 9 heteroatoms. The summed E-state index contributed by atoms with van der Waals surface area (Å²) in [5.74, 6) is -1.61. The van der Waals surface area contributed by atoms with Crippen LogP contribution in [0.4, 0.5) is 4.39 Å². The van der Waals surface area contributed by atoms with Gasteiger partial charge in [0.25, 0.3) is 0 Å². The van der Waals surface area contributed by atoms with Crippen LogP contribution in [0.25, 0.3) is 0 Å². The van der Waals surface area contributed by atoms with Crippen molar-refractivity contribution in [2.75, 3.05) is 32.0 Å². The fourth-order valence-corrected chi connectivity index (χ4v) is 4.57. The van der Waals surface area contributed by atoms with E-state index in [0.29, 0.717) is 26.2 Å². The largest absolute Gasteiger partial charge is 0.378 e. The standard InChI is InChI=1S/C18H27FN2O4S.ClH/c1-14(13-26(23,24)17-5-3-15(19)4-6-17)18(22)21-10-7-16(8-11-21)25-12-2-9-20;/h3-6,14,16H,2,7-13,20H2,1H3;1H. The molecule has 1 heterocycles. The molecule has 1 amide bonds. The topological polar surface area (TPSA) is 89.7 Å². The summed E-state index contributed by atoms with van der Waals surface area (Å²) in [4.78, 5) is 14.3. The normalized spacial score (nSPS) is 16.6. The Kier molecular flexibility index (Phi) is 9.66. The number of amides is 1. The van der Waals surface area contributed by atoms with Crippen molar-refractivity contribution in [3.8, 4) is 0 Å². The van der Waals surface area contributed by atoms with E-state index < -0.39 is 21.6 Å². The molecule has 1 aromatic carbocycles. The molecule has 0 bridgehead atoms. The number of hydrogen-bond donors (Lipinski definition) is 1. The average Bonchev–Trinajstić information content (AvgIpc) is 2.62. The van der Waals surface area contributed by atoms with Gasteiger partial charge in [-0.1, -0.05) is 6.92 Å². The summed E-state index contributed by atoms with van der Waals surface area (Å²) in [6.45, 7) is 3.96. The first-order valence-corrected chi connectivity index (χ1v) is 10.6. The molecule has 0 radical (unpaired) electrons. The van der Waals surface area contributed by atoms with E-state index in [1.807, 2.05) is 0 Å². The SMILES string of the molecule is CC(CS(=O)(=O)c1ccc(F)cc1)C(=O)N1CCC(OCCCN)CC1.Cl. The quantitative estimate of drug-likeness (QED) is 0.511. The van der Waals surface area contributed by atoms with Crippen LogP contribution in [-0.4, -0.2) is 57.3 Å². The van der Waals surface area contributed by atoms with E-state index in [-0.39, 0.29) is 35.1 Å². The summed E-state index contributed by atoms with van der Waals surface area (Å²) >= 11 is 0. The zero-order valence-corrected chi connectivity index (χ0v) is 17.1. The van der Waals surface area contributed by atoms with Crippen molar-refractivity contribution < 1.29 is 22.3 Å². The molecule has 27 heavy (non-hydrogen) atoms. The van der Waals surface area contributed by atoms with Crippen molar-refractivity contribution in [3.05, 3.63) is 30.1 Å². The van der Waals surface area contributed by atoms with Crippen LogP contribution in [0.15, 0.2) is 29.2 Å². The molecule has 154 valence electrons. The molecule has 1 saturated heterocycles. The molecule has 1 aliphatic rings. The van der Waals surface area contributed by atoms with Crippen LogP contribution < -0.4 is 5.73 Å². The second-order valence-corrected chi connectivity index (χ2v) is 8.71. The molecule has 0 aliphatic carbocycles. The molecule has 2 N–H and O–H groups in total. The van der Waals surface area contributed by atoms with E-state index in [9.17, 15) is 17.6 Å². The second-order valence-electron chi connectivity index (χ2n) is 6.67. The number of likely N-dealkylation sites (tertiary alicyclic amines) is 1. The molecule has 2 rings (SSSR count). The summed E-state index contributed by atoms with van der Waals surface area (Å²) in [6.07, 6.45) is 2.43. The lowest BCUT2D eigenvalue weighted by Gasteiger charge is -2.33. The molecule has 0 spiro atoms.